The highest BCUT2D eigenvalue weighted by Crippen LogP contribution is 2.22. The molecule has 98 valence electrons. The molecule has 4 nitrogen and oxygen atoms in total. The van der Waals surface area contributed by atoms with Gasteiger partial charge in [-0.1, -0.05) is 12.1 Å². The highest BCUT2D eigenvalue weighted by molar-refractivity contribution is 5.97. The third-order valence-corrected chi connectivity index (χ3v) is 3.56. The maximum atomic E-state index is 11.8. The molecule has 1 aromatic heterocycles. The number of ketones is 1. The fourth-order valence-electron chi connectivity index (χ4n) is 2.50. The fraction of sp³-hybridized carbons (Fsp3) is 0.333. The van der Waals surface area contributed by atoms with E-state index in [0.29, 0.717) is 13.0 Å². The molecule has 0 saturated carbocycles. The van der Waals surface area contributed by atoms with E-state index in [4.69, 9.17) is 4.74 Å². The van der Waals surface area contributed by atoms with E-state index < -0.39 is 0 Å². The number of ether oxygens (including phenoxy) is 1. The van der Waals surface area contributed by atoms with Crippen LogP contribution in [0.5, 0.6) is 5.75 Å². The lowest BCUT2D eigenvalue weighted by atomic mass is 9.97. The molecule has 2 aromatic rings. The number of methoxy groups -OCH3 is 1. The summed E-state index contributed by atoms with van der Waals surface area (Å²) in [6.07, 6.45) is 4.24. The average molecular weight is 256 g/mol. The Labute approximate surface area is 112 Å². The van der Waals surface area contributed by atoms with Crippen molar-refractivity contribution in [2.75, 3.05) is 7.11 Å². The summed E-state index contributed by atoms with van der Waals surface area (Å²) >= 11 is 0. The van der Waals surface area contributed by atoms with Gasteiger partial charge in [-0.15, -0.1) is 0 Å². The molecule has 0 bridgehead atoms. The minimum Gasteiger partial charge on any atom is -0.497 e. The van der Waals surface area contributed by atoms with Crippen molar-refractivity contribution in [3.63, 3.8) is 0 Å². The second-order valence-electron chi connectivity index (χ2n) is 4.79. The van der Waals surface area contributed by atoms with Gasteiger partial charge in [0.05, 0.1) is 25.4 Å². The third kappa shape index (κ3) is 2.26. The molecular weight excluding hydrogens is 240 g/mol. The highest BCUT2D eigenvalue weighted by atomic mass is 16.5. The van der Waals surface area contributed by atoms with Crippen LogP contribution in [0.15, 0.2) is 30.5 Å². The summed E-state index contributed by atoms with van der Waals surface area (Å²) in [6.45, 7) is 0.701. The van der Waals surface area contributed by atoms with E-state index in [1.54, 1.807) is 13.3 Å². The predicted octanol–water partition coefficient (Wildman–Crippen LogP) is 2.46. The summed E-state index contributed by atoms with van der Waals surface area (Å²) in [5.41, 5.74) is 3.04. The molecule has 0 atom stereocenters. The van der Waals surface area contributed by atoms with Gasteiger partial charge in [-0.25, -0.2) is 0 Å². The van der Waals surface area contributed by atoms with Crippen LogP contribution in [0.4, 0.5) is 0 Å². The van der Waals surface area contributed by atoms with Gasteiger partial charge in [0.25, 0.3) is 0 Å². The molecule has 1 aromatic carbocycles. The number of carbonyl (C=O) groups excluding carboxylic acids is 1. The van der Waals surface area contributed by atoms with Gasteiger partial charge in [-0.2, -0.15) is 5.10 Å². The second-order valence-corrected chi connectivity index (χ2v) is 4.79. The number of Topliss-reactive ketones (excluding diaryl/α,β-unsaturated/α-hetero) is 1. The normalized spacial score (nSPS) is 14.3. The largest absolute Gasteiger partial charge is 0.497 e. The smallest absolute Gasteiger partial charge is 0.166 e. The molecule has 0 spiro atoms. The lowest BCUT2D eigenvalue weighted by molar-refractivity contribution is 0.0972. The number of fused-ring (bicyclic) bond motifs is 1. The molecule has 1 aliphatic carbocycles. The van der Waals surface area contributed by atoms with E-state index in [2.05, 4.69) is 5.10 Å². The lowest BCUT2D eigenvalue weighted by Crippen LogP contribution is -2.14. The summed E-state index contributed by atoms with van der Waals surface area (Å²) < 4.78 is 7.08. The zero-order valence-electron chi connectivity index (χ0n) is 10.9. The Kier molecular flexibility index (Phi) is 3.07. The lowest BCUT2D eigenvalue weighted by Gasteiger charge is -2.13. The zero-order valence-corrected chi connectivity index (χ0v) is 10.9. The molecule has 0 saturated heterocycles. The van der Waals surface area contributed by atoms with Crippen LogP contribution in [0.3, 0.4) is 0 Å². The van der Waals surface area contributed by atoms with Gasteiger partial charge in [-0.3, -0.25) is 9.48 Å². The molecule has 3 rings (SSSR count). The van der Waals surface area contributed by atoms with E-state index in [0.717, 1.165) is 35.4 Å². The van der Waals surface area contributed by atoms with Gasteiger partial charge in [-0.05, 0) is 30.5 Å². The zero-order chi connectivity index (χ0) is 13.2. The van der Waals surface area contributed by atoms with Crippen LogP contribution in [0.1, 0.15) is 34.5 Å². The Morgan fingerprint density at radius 1 is 1.26 bits per heavy atom. The van der Waals surface area contributed by atoms with E-state index >= 15 is 0 Å². The van der Waals surface area contributed by atoms with E-state index in [9.17, 15) is 4.79 Å². The number of aromatic nitrogens is 2. The van der Waals surface area contributed by atoms with Gasteiger partial charge in [0.1, 0.15) is 5.75 Å². The van der Waals surface area contributed by atoms with Crippen LogP contribution in [0.25, 0.3) is 0 Å². The Morgan fingerprint density at radius 3 is 2.79 bits per heavy atom. The van der Waals surface area contributed by atoms with Crippen molar-refractivity contribution in [2.24, 2.45) is 0 Å². The number of benzene rings is 1. The molecule has 4 heteroatoms. The molecule has 0 unspecified atom stereocenters. The molecular formula is C15H16N2O2. The molecule has 1 heterocycles. The number of hydrogen-bond acceptors (Lipinski definition) is 3. The number of nitrogens with zero attached hydrogens (tertiary/aromatic N) is 2. The van der Waals surface area contributed by atoms with Gasteiger partial charge >= 0.3 is 0 Å². The van der Waals surface area contributed by atoms with Gasteiger partial charge in [0, 0.05) is 12.1 Å². The topological polar surface area (TPSA) is 44.1 Å². The number of carbonyl (C=O) groups is 1. The van der Waals surface area contributed by atoms with Crippen molar-refractivity contribution < 1.29 is 9.53 Å². The quantitative estimate of drug-likeness (QED) is 0.847. The summed E-state index contributed by atoms with van der Waals surface area (Å²) in [5, 5.41) is 4.35. The fourth-order valence-corrected chi connectivity index (χ4v) is 2.50. The molecule has 0 amide bonds. The first kappa shape index (κ1) is 12.0. The second kappa shape index (κ2) is 4.88. The van der Waals surface area contributed by atoms with Crippen molar-refractivity contribution in [3.8, 4) is 5.75 Å². The molecule has 19 heavy (non-hydrogen) atoms. The maximum Gasteiger partial charge on any atom is 0.166 e. The molecule has 1 aliphatic rings. The SMILES string of the molecule is COc1ccc(Cn2ncc3c2CCCC3=O)cc1. The minimum absolute atomic E-state index is 0.224. The van der Waals surface area contributed by atoms with Crippen LogP contribution in [-0.4, -0.2) is 22.7 Å². The highest BCUT2D eigenvalue weighted by Gasteiger charge is 2.21. The van der Waals surface area contributed by atoms with Crippen molar-refractivity contribution >= 4 is 5.78 Å². The summed E-state index contributed by atoms with van der Waals surface area (Å²) in [5.74, 6) is 1.07. The van der Waals surface area contributed by atoms with E-state index in [-0.39, 0.29) is 5.78 Å². The average Bonchev–Trinajstić information content (AvgIpc) is 2.84. The first-order chi connectivity index (χ1) is 9.28. The summed E-state index contributed by atoms with van der Waals surface area (Å²) in [4.78, 5) is 11.8. The Morgan fingerprint density at radius 2 is 2.05 bits per heavy atom. The van der Waals surface area contributed by atoms with E-state index in [1.807, 2.05) is 28.9 Å². The molecule has 0 aliphatic heterocycles. The Balaban J connectivity index is 1.85. The monoisotopic (exact) mass is 256 g/mol. The number of rotatable bonds is 3. The van der Waals surface area contributed by atoms with E-state index in [1.165, 1.54) is 0 Å². The molecule has 0 radical (unpaired) electrons. The first-order valence-electron chi connectivity index (χ1n) is 6.49. The van der Waals surface area contributed by atoms with Crippen LogP contribution in [0, 0.1) is 0 Å². The van der Waals surface area contributed by atoms with Gasteiger partial charge in [0.15, 0.2) is 5.78 Å². The Hall–Kier alpha value is -2.10. The Bertz CT molecular complexity index is 599. The maximum absolute atomic E-state index is 11.8. The summed E-state index contributed by atoms with van der Waals surface area (Å²) in [7, 11) is 1.66. The van der Waals surface area contributed by atoms with Crippen molar-refractivity contribution in [1.82, 2.24) is 9.78 Å². The van der Waals surface area contributed by atoms with Crippen molar-refractivity contribution in [2.45, 2.75) is 25.8 Å². The van der Waals surface area contributed by atoms with Gasteiger partial charge < -0.3 is 4.74 Å². The predicted molar refractivity (Wildman–Crippen MR) is 71.6 cm³/mol. The minimum atomic E-state index is 0.224. The number of hydrogen-bond donors (Lipinski definition) is 0. The van der Waals surface area contributed by atoms with Crippen molar-refractivity contribution in [3.05, 3.63) is 47.3 Å². The van der Waals surface area contributed by atoms with Crippen LogP contribution >= 0.6 is 0 Å². The van der Waals surface area contributed by atoms with Crippen LogP contribution < -0.4 is 4.74 Å². The van der Waals surface area contributed by atoms with Crippen LogP contribution in [0.2, 0.25) is 0 Å². The first-order valence-corrected chi connectivity index (χ1v) is 6.49. The van der Waals surface area contributed by atoms with Crippen LogP contribution in [-0.2, 0) is 13.0 Å². The van der Waals surface area contributed by atoms with Gasteiger partial charge in [0.2, 0.25) is 0 Å². The molecule has 0 fully saturated rings. The standard InChI is InChI=1S/C15H16N2O2/c1-19-12-7-5-11(6-8-12)10-17-14-3-2-4-15(18)13(14)9-16-17/h5-9H,2-4,10H2,1H3. The third-order valence-electron chi connectivity index (χ3n) is 3.56. The summed E-state index contributed by atoms with van der Waals surface area (Å²) in [6, 6.07) is 7.93. The molecule has 0 N–H and O–H groups in total. The van der Waals surface area contributed by atoms with Crippen molar-refractivity contribution in [1.29, 1.82) is 0 Å².